The lowest BCUT2D eigenvalue weighted by atomic mass is 9.71. The molecule has 1 unspecified atom stereocenters. The van der Waals surface area contributed by atoms with E-state index in [1.807, 2.05) is 4.90 Å². The van der Waals surface area contributed by atoms with Crippen LogP contribution in [0.2, 0.25) is 0 Å². The number of methoxy groups -OCH3 is 1. The molecule has 0 bridgehead atoms. The maximum Gasteiger partial charge on any atom is 0.417 e. The number of piperidine rings is 1. The van der Waals surface area contributed by atoms with Crippen LogP contribution < -0.4 is 4.90 Å². The Balaban J connectivity index is 1.54. The van der Waals surface area contributed by atoms with Gasteiger partial charge in [-0.3, -0.25) is 9.78 Å². The minimum atomic E-state index is -4.60. The van der Waals surface area contributed by atoms with Gasteiger partial charge in [-0.25, -0.2) is 0 Å². The van der Waals surface area contributed by atoms with E-state index in [1.165, 1.54) is 6.07 Å². The van der Waals surface area contributed by atoms with Gasteiger partial charge >= 0.3 is 6.18 Å². The molecule has 33 heavy (non-hydrogen) atoms. The molecule has 1 spiro atoms. The van der Waals surface area contributed by atoms with Crippen molar-refractivity contribution in [1.29, 1.82) is 5.26 Å². The molecular weight excluding hydrogens is 433 g/mol. The van der Waals surface area contributed by atoms with E-state index in [9.17, 15) is 18.0 Å². The van der Waals surface area contributed by atoms with Crippen molar-refractivity contribution in [1.82, 2.24) is 9.88 Å². The number of benzene rings is 1. The van der Waals surface area contributed by atoms with Crippen molar-refractivity contribution in [2.24, 2.45) is 11.3 Å². The number of hydrogen-bond acceptors (Lipinski definition) is 5. The largest absolute Gasteiger partial charge is 0.417 e. The number of rotatable bonds is 4. The molecule has 1 amide bonds. The fourth-order valence-electron chi connectivity index (χ4n) is 5.09. The van der Waals surface area contributed by atoms with Gasteiger partial charge in [0.15, 0.2) is 0 Å². The number of alkyl halides is 3. The molecule has 0 aliphatic carbocycles. The van der Waals surface area contributed by atoms with Crippen LogP contribution in [-0.4, -0.2) is 55.7 Å². The Morgan fingerprint density at radius 3 is 2.64 bits per heavy atom. The van der Waals surface area contributed by atoms with E-state index in [2.05, 4.69) is 4.98 Å². The molecule has 2 aliphatic heterocycles. The zero-order valence-electron chi connectivity index (χ0n) is 18.3. The second-order valence-electron chi connectivity index (χ2n) is 8.74. The van der Waals surface area contributed by atoms with E-state index in [4.69, 9.17) is 10.00 Å². The number of nitriles is 1. The zero-order valence-corrected chi connectivity index (χ0v) is 18.3. The maximum atomic E-state index is 13.5. The number of likely N-dealkylation sites (tertiary alicyclic amines) is 1. The summed E-state index contributed by atoms with van der Waals surface area (Å²) in [5.74, 6) is 0.0186. The first-order chi connectivity index (χ1) is 15.8. The summed E-state index contributed by atoms with van der Waals surface area (Å²) in [5, 5.41) is 9.08. The summed E-state index contributed by atoms with van der Waals surface area (Å²) in [4.78, 5) is 20.7. The van der Waals surface area contributed by atoms with Gasteiger partial charge in [-0.15, -0.1) is 0 Å². The average Bonchev–Trinajstić information content (AvgIpc) is 3.16. The average molecular weight is 458 g/mol. The molecule has 2 aromatic rings. The Kier molecular flexibility index (Phi) is 6.30. The van der Waals surface area contributed by atoms with Gasteiger partial charge in [0.1, 0.15) is 5.69 Å². The van der Waals surface area contributed by atoms with Crippen molar-refractivity contribution in [2.45, 2.75) is 19.0 Å². The number of hydrogen-bond donors (Lipinski definition) is 0. The molecule has 1 aromatic heterocycles. The predicted molar refractivity (Wildman–Crippen MR) is 116 cm³/mol. The van der Waals surface area contributed by atoms with Gasteiger partial charge in [0.2, 0.25) is 0 Å². The first-order valence-corrected chi connectivity index (χ1v) is 10.8. The summed E-state index contributed by atoms with van der Waals surface area (Å²) in [6.45, 7) is 2.75. The molecule has 2 saturated heterocycles. The van der Waals surface area contributed by atoms with Crippen LogP contribution in [0.1, 0.15) is 34.5 Å². The van der Waals surface area contributed by atoms with Crippen molar-refractivity contribution in [3.63, 3.8) is 0 Å². The summed E-state index contributed by atoms with van der Waals surface area (Å²) in [7, 11) is 1.62. The molecule has 1 aromatic carbocycles. The normalized spacial score (nSPS) is 20.2. The summed E-state index contributed by atoms with van der Waals surface area (Å²) in [5.41, 5.74) is -0.598. The number of carbonyl (C=O) groups excluding carboxylic acids is 1. The summed E-state index contributed by atoms with van der Waals surface area (Å²) in [6, 6.07) is 10.8. The third kappa shape index (κ3) is 4.53. The Bertz CT molecular complexity index is 1040. The summed E-state index contributed by atoms with van der Waals surface area (Å²) >= 11 is 0. The lowest BCUT2D eigenvalue weighted by Gasteiger charge is -2.42. The van der Waals surface area contributed by atoms with E-state index >= 15 is 0 Å². The molecule has 4 rings (SSSR count). The number of halogens is 3. The summed E-state index contributed by atoms with van der Waals surface area (Å²) in [6.07, 6.45) is -1.53. The van der Waals surface area contributed by atoms with Crippen LogP contribution in [0.25, 0.3) is 0 Å². The highest BCUT2D eigenvalue weighted by molar-refractivity contribution is 5.92. The number of nitrogens with zero attached hydrogens (tertiary/aromatic N) is 4. The lowest BCUT2D eigenvalue weighted by Crippen LogP contribution is -2.47. The number of anilines is 1. The number of ether oxygens (including phenoxy) is 1. The number of carbonyl (C=O) groups is 1. The van der Waals surface area contributed by atoms with Crippen LogP contribution in [-0.2, 0) is 10.9 Å². The van der Waals surface area contributed by atoms with E-state index in [0.29, 0.717) is 44.2 Å². The molecule has 0 N–H and O–H groups in total. The van der Waals surface area contributed by atoms with Gasteiger partial charge < -0.3 is 14.5 Å². The summed E-state index contributed by atoms with van der Waals surface area (Å²) < 4.78 is 45.9. The van der Waals surface area contributed by atoms with E-state index in [0.717, 1.165) is 18.9 Å². The van der Waals surface area contributed by atoms with Crippen LogP contribution in [0.4, 0.5) is 18.9 Å². The van der Waals surface area contributed by atoms with Crippen LogP contribution >= 0.6 is 0 Å². The van der Waals surface area contributed by atoms with Crippen molar-refractivity contribution < 1.29 is 22.7 Å². The van der Waals surface area contributed by atoms with E-state index < -0.39 is 11.7 Å². The monoisotopic (exact) mass is 458 g/mol. The van der Waals surface area contributed by atoms with Crippen LogP contribution in [0.3, 0.4) is 0 Å². The van der Waals surface area contributed by atoms with Crippen LogP contribution in [0.15, 0.2) is 42.6 Å². The number of aromatic nitrogens is 1. The van der Waals surface area contributed by atoms with E-state index in [-0.39, 0.29) is 22.8 Å². The lowest BCUT2D eigenvalue weighted by molar-refractivity contribution is -0.137. The molecule has 0 saturated carbocycles. The molecule has 174 valence electrons. The molecule has 6 nitrogen and oxygen atoms in total. The van der Waals surface area contributed by atoms with Gasteiger partial charge in [-0.1, -0.05) is 6.07 Å². The highest BCUT2D eigenvalue weighted by atomic mass is 19.4. The standard InChI is InChI=1S/C24H25F3N4O2/c1-33-15-18-14-31(19-6-5-17(13-28)20(12-19)24(25,26)27)16-23(18)7-10-30(11-8-23)22(32)21-4-2-3-9-29-21/h2-6,9,12,18H,7-8,10-11,14-16H2,1H3. The molecular formula is C24H25F3N4O2. The minimum absolute atomic E-state index is 0.106. The molecule has 0 radical (unpaired) electrons. The number of pyridine rings is 1. The van der Waals surface area contributed by atoms with Crippen molar-refractivity contribution in [3.05, 3.63) is 59.4 Å². The quantitative estimate of drug-likeness (QED) is 0.693. The second-order valence-corrected chi connectivity index (χ2v) is 8.74. The molecule has 3 heterocycles. The Morgan fingerprint density at radius 1 is 1.27 bits per heavy atom. The first kappa shape index (κ1) is 23.1. The highest BCUT2D eigenvalue weighted by Crippen LogP contribution is 2.47. The third-order valence-electron chi connectivity index (χ3n) is 6.91. The van der Waals surface area contributed by atoms with Crippen LogP contribution in [0.5, 0.6) is 0 Å². The third-order valence-corrected chi connectivity index (χ3v) is 6.91. The minimum Gasteiger partial charge on any atom is -0.384 e. The number of amides is 1. The zero-order chi connectivity index (χ0) is 23.6. The highest BCUT2D eigenvalue weighted by Gasteiger charge is 2.49. The van der Waals surface area contributed by atoms with Gasteiger partial charge in [0.05, 0.1) is 23.8 Å². The molecule has 2 aliphatic rings. The molecule has 9 heteroatoms. The Labute approximate surface area is 190 Å². The first-order valence-electron chi connectivity index (χ1n) is 10.8. The fraction of sp³-hybridized carbons (Fsp3) is 0.458. The smallest absolute Gasteiger partial charge is 0.384 e. The predicted octanol–water partition coefficient (Wildman–Crippen LogP) is 3.98. The maximum absolute atomic E-state index is 13.5. The van der Waals surface area contributed by atoms with Crippen LogP contribution in [0, 0.1) is 22.7 Å². The molecule has 1 atom stereocenters. The Hall–Kier alpha value is -3.12. The fourth-order valence-corrected chi connectivity index (χ4v) is 5.09. The van der Waals surface area contributed by atoms with Gasteiger partial charge in [0, 0.05) is 51.1 Å². The topological polar surface area (TPSA) is 69.5 Å². The van der Waals surface area contributed by atoms with Gasteiger partial charge in [-0.05, 0) is 48.6 Å². The Morgan fingerprint density at radius 2 is 2.03 bits per heavy atom. The van der Waals surface area contributed by atoms with Gasteiger partial charge in [0.25, 0.3) is 5.91 Å². The van der Waals surface area contributed by atoms with E-state index in [1.54, 1.807) is 48.5 Å². The second kappa shape index (κ2) is 9.02. The van der Waals surface area contributed by atoms with Crippen molar-refractivity contribution in [3.8, 4) is 6.07 Å². The molecule has 2 fully saturated rings. The van der Waals surface area contributed by atoms with Gasteiger partial charge in [-0.2, -0.15) is 18.4 Å². The van der Waals surface area contributed by atoms with Crippen molar-refractivity contribution in [2.75, 3.05) is 44.8 Å². The SMILES string of the molecule is COCC1CN(c2ccc(C#N)c(C(F)(F)F)c2)CC12CCN(C(=O)c1ccccn1)CC2. The van der Waals surface area contributed by atoms with Crippen molar-refractivity contribution >= 4 is 11.6 Å².